The molecule has 0 radical (unpaired) electrons. The monoisotopic (exact) mass is 253 g/mol. The lowest BCUT2D eigenvalue weighted by atomic mass is 10.1. The van der Waals surface area contributed by atoms with Crippen LogP contribution in [0.15, 0.2) is 35.2 Å². The van der Waals surface area contributed by atoms with Crippen LogP contribution in [0.5, 0.6) is 5.75 Å². The van der Waals surface area contributed by atoms with Crippen LogP contribution < -0.4 is 10.5 Å². The Morgan fingerprint density at radius 3 is 2.53 bits per heavy atom. The number of fused-ring (bicyclic) bond motifs is 1. The summed E-state index contributed by atoms with van der Waals surface area (Å²) in [6.07, 6.45) is 0. The first-order chi connectivity index (χ1) is 7.91. The van der Waals surface area contributed by atoms with Crippen LogP contribution in [0.25, 0.3) is 10.8 Å². The van der Waals surface area contributed by atoms with E-state index in [2.05, 4.69) is 0 Å². The zero-order valence-electron chi connectivity index (χ0n) is 9.04. The average molecular weight is 253 g/mol. The van der Waals surface area contributed by atoms with Crippen molar-refractivity contribution in [3.8, 4) is 5.75 Å². The van der Waals surface area contributed by atoms with Gasteiger partial charge in [-0.1, -0.05) is 0 Å². The molecule has 3 N–H and O–H groups in total. The number of hydrogen-bond acceptors (Lipinski definition) is 4. The summed E-state index contributed by atoms with van der Waals surface area (Å²) in [7, 11) is -2.75. The molecule has 0 aliphatic carbocycles. The topological polar surface area (TPSA) is 89.6 Å². The quantitative estimate of drug-likeness (QED) is 0.627. The highest BCUT2D eigenvalue weighted by Crippen LogP contribution is 2.28. The Balaban J connectivity index is 2.79. The van der Waals surface area contributed by atoms with Gasteiger partial charge in [0, 0.05) is 11.1 Å². The van der Waals surface area contributed by atoms with E-state index in [-0.39, 0.29) is 10.6 Å². The molecule has 0 aromatic heterocycles. The van der Waals surface area contributed by atoms with E-state index in [4.69, 9.17) is 15.0 Å². The first-order valence-corrected chi connectivity index (χ1v) is 6.20. The van der Waals surface area contributed by atoms with Gasteiger partial charge in [0.05, 0.1) is 12.0 Å². The number of ether oxygens (including phenoxy) is 1. The molecule has 2 rings (SSSR count). The molecule has 0 saturated heterocycles. The van der Waals surface area contributed by atoms with E-state index in [0.717, 1.165) is 0 Å². The first-order valence-electron chi connectivity index (χ1n) is 4.76. The van der Waals surface area contributed by atoms with Gasteiger partial charge < -0.3 is 10.5 Å². The molecule has 0 amide bonds. The van der Waals surface area contributed by atoms with Crippen molar-refractivity contribution in [2.75, 3.05) is 12.8 Å². The van der Waals surface area contributed by atoms with Crippen molar-refractivity contribution in [1.82, 2.24) is 0 Å². The van der Waals surface area contributed by atoms with Crippen molar-refractivity contribution < 1.29 is 17.7 Å². The molecule has 2 aromatic carbocycles. The van der Waals surface area contributed by atoms with Crippen LogP contribution in [0.4, 0.5) is 5.69 Å². The van der Waals surface area contributed by atoms with Crippen molar-refractivity contribution in [3.05, 3.63) is 30.3 Å². The van der Waals surface area contributed by atoms with E-state index in [1.807, 2.05) is 0 Å². The SMILES string of the molecule is COc1ccc2c(N)cc(S(=O)(=O)O)cc2c1. The van der Waals surface area contributed by atoms with Crippen LogP contribution in [-0.4, -0.2) is 20.1 Å². The third-order valence-corrected chi connectivity index (χ3v) is 3.29. The van der Waals surface area contributed by atoms with Gasteiger partial charge in [-0.2, -0.15) is 8.42 Å². The van der Waals surface area contributed by atoms with Crippen molar-refractivity contribution in [3.63, 3.8) is 0 Å². The third kappa shape index (κ3) is 2.17. The van der Waals surface area contributed by atoms with E-state index < -0.39 is 10.1 Å². The maximum Gasteiger partial charge on any atom is 0.294 e. The number of anilines is 1. The number of nitrogen functional groups attached to an aromatic ring is 1. The molecule has 90 valence electrons. The summed E-state index contributed by atoms with van der Waals surface area (Å²) in [5.74, 6) is 0.587. The minimum atomic E-state index is -4.26. The van der Waals surface area contributed by atoms with Crippen LogP contribution in [0, 0.1) is 0 Å². The van der Waals surface area contributed by atoms with E-state index in [1.54, 1.807) is 18.2 Å². The second kappa shape index (κ2) is 3.90. The molecule has 5 nitrogen and oxygen atoms in total. The van der Waals surface area contributed by atoms with Gasteiger partial charge in [-0.05, 0) is 35.7 Å². The molecule has 0 atom stereocenters. The average Bonchev–Trinajstić information content (AvgIpc) is 2.27. The lowest BCUT2D eigenvalue weighted by Gasteiger charge is -2.07. The maximum absolute atomic E-state index is 11.1. The lowest BCUT2D eigenvalue weighted by Crippen LogP contribution is -2.00. The smallest absolute Gasteiger partial charge is 0.294 e. The molecule has 6 heteroatoms. The summed E-state index contributed by atoms with van der Waals surface area (Å²) in [5.41, 5.74) is 6.02. The Bertz CT molecular complexity index is 679. The number of benzene rings is 2. The molecule has 17 heavy (non-hydrogen) atoms. The van der Waals surface area contributed by atoms with Gasteiger partial charge in [0.25, 0.3) is 10.1 Å². The van der Waals surface area contributed by atoms with Gasteiger partial charge in [-0.15, -0.1) is 0 Å². The van der Waals surface area contributed by atoms with E-state index in [1.165, 1.54) is 19.2 Å². The van der Waals surface area contributed by atoms with Crippen LogP contribution in [0.2, 0.25) is 0 Å². The van der Waals surface area contributed by atoms with Crippen LogP contribution in [-0.2, 0) is 10.1 Å². The van der Waals surface area contributed by atoms with Crippen molar-refractivity contribution in [2.45, 2.75) is 4.90 Å². The number of nitrogens with two attached hydrogens (primary N) is 1. The van der Waals surface area contributed by atoms with Gasteiger partial charge in [0.1, 0.15) is 5.75 Å². The second-order valence-corrected chi connectivity index (χ2v) is 5.00. The lowest BCUT2D eigenvalue weighted by molar-refractivity contribution is 0.415. The minimum absolute atomic E-state index is 0.226. The fourth-order valence-electron chi connectivity index (χ4n) is 1.62. The summed E-state index contributed by atoms with van der Waals surface area (Å²) >= 11 is 0. The Hall–Kier alpha value is -1.79. The molecule has 0 fully saturated rings. The van der Waals surface area contributed by atoms with Crippen LogP contribution in [0.3, 0.4) is 0 Å². The van der Waals surface area contributed by atoms with E-state index in [0.29, 0.717) is 16.5 Å². The van der Waals surface area contributed by atoms with Crippen molar-refractivity contribution in [2.24, 2.45) is 0 Å². The molecule has 2 aromatic rings. The summed E-state index contributed by atoms with van der Waals surface area (Å²) in [4.78, 5) is -0.226. The second-order valence-electron chi connectivity index (χ2n) is 3.57. The molecule has 0 bridgehead atoms. The molecule has 0 unspecified atom stereocenters. The number of rotatable bonds is 2. The molecule has 0 spiro atoms. The van der Waals surface area contributed by atoms with Gasteiger partial charge >= 0.3 is 0 Å². The minimum Gasteiger partial charge on any atom is -0.497 e. The Kier molecular flexibility index (Phi) is 2.68. The fourth-order valence-corrected chi connectivity index (χ4v) is 2.18. The van der Waals surface area contributed by atoms with Crippen LogP contribution in [0.1, 0.15) is 0 Å². The summed E-state index contributed by atoms with van der Waals surface area (Å²) in [6.45, 7) is 0. The summed E-state index contributed by atoms with van der Waals surface area (Å²) in [5, 5.41) is 1.30. The first kappa shape index (κ1) is 11.7. The predicted molar refractivity (Wildman–Crippen MR) is 64.7 cm³/mol. The summed E-state index contributed by atoms with van der Waals surface area (Å²) < 4.78 is 36.1. The van der Waals surface area contributed by atoms with Crippen LogP contribution >= 0.6 is 0 Å². The van der Waals surface area contributed by atoms with Gasteiger partial charge in [0.15, 0.2) is 0 Å². The van der Waals surface area contributed by atoms with E-state index >= 15 is 0 Å². The third-order valence-electron chi connectivity index (χ3n) is 2.46. The molecular formula is C11H11NO4S. The number of hydrogen-bond donors (Lipinski definition) is 2. The zero-order chi connectivity index (χ0) is 12.6. The summed E-state index contributed by atoms with van der Waals surface area (Å²) in [6, 6.07) is 7.69. The normalized spacial score (nSPS) is 11.6. The van der Waals surface area contributed by atoms with Crippen molar-refractivity contribution in [1.29, 1.82) is 0 Å². The van der Waals surface area contributed by atoms with E-state index in [9.17, 15) is 8.42 Å². The Labute approximate surface area is 98.6 Å². The molecule has 0 saturated carbocycles. The zero-order valence-corrected chi connectivity index (χ0v) is 9.86. The molecular weight excluding hydrogens is 242 g/mol. The maximum atomic E-state index is 11.1. The molecule has 0 aliphatic rings. The molecule has 0 heterocycles. The fraction of sp³-hybridized carbons (Fsp3) is 0.0909. The highest BCUT2D eigenvalue weighted by molar-refractivity contribution is 7.85. The largest absolute Gasteiger partial charge is 0.497 e. The Morgan fingerprint density at radius 2 is 1.94 bits per heavy atom. The van der Waals surface area contributed by atoms with Gasteiger partial charge in [0.2, 0.25) is 0 Å². The van der Waals surface area contributed by atoms with Gasteiger partial charge in [-0.25, -0.2) is 0 Å². The van der Waals surface area contributed by atoms with Gasteiger partial charge in [-0.3, -0.25) is 4.55 Å². The Morgan fingerprint density at radius 1 is 1.24 bits per heavy atom. The number of methoxy groups -OCH3 is 1. The highest BCUT2D eigenvalue weighted by Gasteiger charge is 2.12. The highest BCUT2D eigenvalue weighted by atomic mass is 32.2. The molecule has 0 aliphatic heterocycles. The van der Waals surface area contributed by atoms with Crippen molar-refractivity contribution >= 4 is 26.6 Å². The predicted octanol–water partition coefficient (Wildman–Crippen LogP) is 1.68. The standard InChI is InChI=1S/C11H11NO4S/c1-16-8-2-3-10-7(4-8)5-9(6-11(10)12)17(13,14)15/h2-6H,12H2,1H3,(H,13,14,15).